The number of rotatable bonds is 3. The fraction of sp³-hybridized carbons (Fsp3) is 0.0769. The molecule has 0 spiro atoms. The van der Waals surface area contributed by atoms with Gasteiger partial charge in [-0.15, -0.1) is 11.3 Å². The van der Waals surface area contributed by atoms with Gasteiger partial charge in [-0.25, -0.2) is 4.39 Å². The predicted octanol–water partition coefficient (Wildman–Crippen LogP) is 2.45. The van der Waals surface area contributed by atoms with Gasteiger partial charge in [0, 0.05) is 4.88 Å². The first-order valence-electron chi connectivity index (χ1n) is 5.78. The highest BCUT2D eigenvalue weighted by atomic mass is 32.1. The number of hydrazine groups is 1. The smallest absolute Gasteiger partial charge is 0.243 e. The summed E-state index contributed by atoms with van der Waals surface area (Å²) in [5.41, 5.74) is 5.23. The first-order chi connectivity index (χ1) is 9.65. The molecule has 1 amide bonds. The number of carbonyl (C=O) groups excluding carboxylic acids is 1. The number of hydrogen-bond donors (Lipinski definition) is 3. The minimum absolute atomic E-state index is 0.120. The lowest BCUT2D eigenvalue weighted by atomic mass is 10.3. The highest BCUT2D eigenvalue weighted by Gasteiger charge is 2.06. The molecule has 2 rings (SSSR count). The van der Waals surface area contributed by atoms with Gasteiger partial charge >= 0.3 is 0 Å². The normalized spacial score (nSPS) is 9.85. The molecule has 4 nitrogen and oxygen atoms in total. The van der Waals surface area contributed by atoms with E-state index in [1.54, 1.807) is 18.2 Å². The zero-order chi connectivity index (χ0) is 14.4. The van der Waals surface area contributed by atoms with E-state index in [2.05, 4.69) is 16.2 Å². The van der Waals surface area contributed by atoms with Crippen LogP contribution in [0.3, 0.4) is 0 Å². The fourth-order valence-electron chi connectivity index (χ4n) is 1.46. The molecule has 3 N–H and O–H groups in total. The number of para-hydroxylation sites is 1. The monoisotopic (exact) mass is 309 g/mol. The second kappa shape index (κ2) is 6.97. The van der Waals surface area contributed by atoms with Crippen molar-refractivity contribution in [3.8, 4) is 0 Å². The Morgan fingerprint density at radius 3 is 2.70 bits per heavy atom. The van der Waals surface area contributed by atoms with Crippen molar-refractivity contribution in [3.05, 3.63) is 52.5 Å². The summed E-state index contributed by atoms with van der Waals surface area (Å²) >= 11 is 6.46. The molecule has 0 aliphatic heterocycles. The maximum atomic E-state index is 13.4. The molecule has 7 heteroatoms. The lowest BCUT2D eigenvalue weighted by molar-refractivity contribution is -0.120. The van der Waals surface area contributed by atoms with E-state index in [1.165, 1.54) is 17.4 Å². The first-order valence-corrected chi connectivity index (χ1v) is 7.06. The van der Waals surface area contributed by atoms with Crippen LogP contribution in [0.5, 0.6) is 0 Å². The van der Waals surface area contributed by atoms with E-state index in [-0.39, 0.29) is 23.1 Å². The van der Waals surface area contributed by atoms with Gasteiger partial charge in [0.15, 0.2) is 5.11 Å². The van der Waals surface area contributed by atoms with Crippen LogP contribution in [-0.4, -0.2) is 11.0 Å². The van der Waals surface area contributed by atoms with Gasteiger partial charge in [0.2, 0.25) is 5.91 Å². The summed E-state index contributed by atoms with van der Waals surface area (Å²) in [6.07, 6.45) is 0.271. The molecular formula is C13H12FN3OS2. The molecule has 0 saturated heterocycles. The number of carbonyl (C=O) groups is 1. The molecule has 20 heavy (non-hydrogen) atoms. The van der Waals surface area contributed by atoms with Gasteiger partial charge in [0.05, 0.1) is 12.1 Å². The van der Waals surface area contributed by atoms with Gasteiger partial charge in [-0.1, -0.05) is 18.2 Å². The zero-order valence-electron chi connectivity index (χ0n) is 10.4. The van der Waals surface area contributed by atoms with Crippen LogP contribution in [-0.2, 0) is 11.2 Å². The van der Waals surface area contributed by atoms with Crippen LogP contribution >= 0.6 is 23.6 Å². The molecule has 1 aromatic carbocycles. The van der Waals surface area contributed by atoms with E-state index >= 15 is 0 Å². The van der Waals surface area contributed by atoms with Gasteiger partial charge in [0.1, 0.15) is 5.82 Å². The summed E-state index contributed by atoms with van der Waals surface area (Å²) < 4.78 is 13.4. The molecule has 1 heterocycles. The Kier molecular flexibility index (Phi) is 5.03. The third-order valence-corrected chi connectivity index (χ3v) is 3.43. The largest absolute Gasteiger partial charge is 0.329 e. The maximum Gasteiger partial charge on any atom is 0.243 e. The minimum atomic E-state index is -0.415. The summed E-state index contributed by atoms with van der Waals surface area (Å²) in [4.78, 5) is 12.6. The lowest BCUT2D eigenvalue weighted by Crippen LogP contribution is -2.44. The van der Waals surface area contributed by atoms with Crippen LogP contribution in [0.4, 0.5) is 10.1 Å². The molecule has 0 radical (unpaired) electrons. The zero-order valence-corrected chi connectivity index (χ0v) is 12.0. The van der Waals surface area contributed by atoms with Crippen molar-refractivity contribution in [2.24, 2.45) is 0 Å². The molecule has 0 saturated carbocycles. The van der Waals surface area contributed by atoms with E-state index in [0.717, 1.165) is 4.88 Å². The molecular weight excluding hydrogens is 297 g/mol. The van der Waals surface area contributed by atoms with E-state index in [1.807, 2.05) is 17.5 Å². The second-order valence-electron chi connectivity index (χ2n) is 3.86. The van der Waals surface area contributed by atoms with Crippen LogP contribution < -0.4 is 16.2 Å². The summed E-state index contributed by atoms with van der Waals surface area (Å²) in [7, 11) is 0. The third-order valence-electron chi connectivity index (χ3n) is 2.35. The topological polar surface area (TPSA) is 53.2 Å². The average molecular weight is 309 g/mol. The minimum Gasteiger partial charge on any atom is -0.329 e. The van der Waals surface area contributed by atoms with Crippen LogP contribution in [0.2, 0.25) is 0 Å². The number of thiocarbonyl (C=S) groups is 1. The standard InChI is InChI=1S/C13H12FN3OS2/c14-10-5-1-2-6-11(10)15-13(19)17-16-12(18)8-9-4-3-7-20-9/h1-7H,8H2,(H,16,18)(H2,15,17,19). The van der Waals surface area contributed by atoms with E-state index in [0.29, 0.717) is 0 Å². The van der Waals surface area contributed by atoms with Gasteiger partial charge in [0.25, 0.3) is 0 Å². The molecule has 0 unspecified atom stereocenters. The van der Waals surface area contributed by atoms with E-state index < -0.39 is 5.82 Å². The van der Waals surface area contributed by atoms with E-state index in [4.69, 9.17) is 12.2 Å². The Labute approximate surface area is 125 Å². The van der Waals surface area contributed by atoms with Crippen LogP contribution in [0.15, 0.2) is 41.8 Å². The second-order valence-corrected chi connectivity index (χ2v) is 5.30. The Balaban J connectivity index is 1.78. The molecule has 0 bridgehead atoms. The van der Waals surface area contributed by atoms with Crippen LogP contribution in [0, 0.1) is 5.82 Å². The summed E-state index contributed by atoms with van der Waals surface area (Å²) in [6.45, 7) is 0. The van der Waals surface area contributed by atoms with Gasteiger partial charge in [-0.05, 0) is 35.8 Å². The summed E-state index contributed by atoms with van der Waals surface area (Å²) in [5.74, 6) is -0.633. The number of hydrogen-bond acceptors (Lipinski definition) is 3. The Morgan fingerprint density at radius 2 is 2.00 bits per heavy atom. The number of nitrogens with one attached hydrogen (secondary N) is 3. The van der Waals surface area contributed by atoms with Crippen LogP contribution in [0.25, 0.3) is 0 Å². The molecule has 0 atom stereocenters. The Bertz CT molecular complexity index is 601. The van der Waals surface area contributed by atoms with Crippen molar-refractivity contribution in [1.82, 2.24) is 10.9 Å². The van der Waals surface area contributed by atoms with Gasteiger partial charge in [-0.3, -0.25) is 15.6 Å². The Hall–Kier alpha value is -1.99. The molecule has 0 fully saturated rings. The highest BCUT2D eigenvalue weighted by molar-refractivity contribution is 7.80. The number of halogens is 1. The number of thiophene rings is 1. The fourth-order valence-corrected chi connectivity index (χ4v) is 2.32. The third kappa shape index (κ3) is 4.29. The van der Waals surface area contributed by atoms with Crippen molar-refractivity contribution in [3.63, 3.8) is 0 Å². The number of anilines is 1. The first kappa shape index (κ1) is 14.4. The van der Waals surface area contributed by atoms with Crippen molar-refractivity contribution in [2.45, 2.75) is 6.42 Å². The maximum absolute atomic E-state index is 13.4. The molecule has 2 aromatic rings. The number of amides is 1. The summed E-state index contributed by atoms with van der Waals surface area (Å²) in [6, 6.07) is 9.89. The van der Waals surface area contributed by atoms with E-state index in [9.17, 15) is 9.18 Å². The molecule has 0 aliphatic rings. The van der Waals surface area contributed by atoms with Crippen molar-refractivity contribution >= 4 is 40.3 Å². The van der Waals surface area contributed by atoms with Crippen molar-refractivity contribution in [2.75, 3.05) is 5.32 Å². The van der Waals surface area contributed by atoms with Crippen molar-refractivity contribution < 1.29 is 9.18 Å². The average Bonchev–Trinajstić information content (AvgIpc) is 2.92. The lowest BCUT2D eigenvalue weighted by Gasteiger charge is -2.11. The van der Waals surface area contributed by atoms with Gasteiger partial charge in [-0.2, -0.15) is 0 Å². The quantitative estimate of drug-likeness (QED) is 0.602. The highest BCUT2D eigenvalue weighted by Crippen LogP contribution is 2.11. The molecule has 0 aliphatic carbocycles. The van der Waals surface area contributed by atoms with Crippen LogP contribution in [0.1, 0.15) is 4.88 Å². The Morgan fingerprint density at radius 1 is 1.20 bits per heavy atom. The SMILES string of the molecule is O=C(Cc1cccs1)NNC(=S)Nc1ccccc1F. The van der Waals surface area contributed by atoms with Crippen molar-refractivity contribution in [1.29, 1.82) is 0 Å². The predicted molar refractivity (Wildman–Crippen MR) is 81.9 cm³/mol. The van der Waals surface area contributed by atoms with Gasteiger partial charge < -0.3 is 5.32 Å². The molecule has 104 valence electrons. The number of benzene rings is 1. The summed E-state index contributed by atoms with van der Waals surface area (Å²) in [5, 5.41) is 4.68. The molecule has 1 aromatic heterocycles.